The van der Waals surface area contributed by atoms with E-state index in [1.807, 2.05) is 0 Å². The smallest absolute Gasteiger partial charge is 0.0229 e. The van der Waals surface area contributed by atoms with E-state index >= 15 is 0 Å². The summed E-state index contributed by atoms with van der Waals surface area (Å²) in [4.78, 5) is 0. The van der Waals surface area contributed by atoms with Gasteiger partial charge < -0.3 is 0 Å². The summed E-state index contributed by atoms with van der Waals surface area (Å²) in [6.45, 7) is 2.21. The lowest BCUT2D eigenvalue weighted by molar-refractivity contribution is 0.923. The molecule has 0 spiro atoms. The fourth-order valence-corrected chi connectivity index (χ4v) is 1.56. The van der Waals surface area contributed by atoms with Gasteiger partial charge in [-0.05, 0) is 22.6 Å². The van der Waals surface area contributed by atoms with E-state index in [-0.39, 0.29) is 0 Å². The van der Waals surface area contributed by atoms with Crippen LogP contribution in [-0.4, -0.2) is 0 Å². The van der Waals surface area contributed by atoms with Crippen molar-refractivity contribution in [1.82, 2.24) is 0 Å². The van der Waals surface area contributed by atoms with Crippen LogP contribution in [0.15, 0.2) is 18.2 Å². The summed E-state index contributed by atoms with van der Waals surface area (Å²) in [7, 11) is 5.48. The van der Waals surface area contributed by atoms with Crippen molar-refractivity contribution in [2.45, 2.75) is 19.8 Å². The summed E-state index contributed by atoms with van der Waals surface area (Å²) >= 11 is 0. The maximum absolute atomic E-state index is 2.75. The second kappa shape index (κ2) is 4.19. The van der Waals surface area contributed by atoms with Crippen molar-refractivity contribution in [2.24, 2.45) is 0 Å². The molecule has 2 atom stereocenters. The van der Waals surface area contributed by atoms with Gasteiger partial charge >= 0.3 is 0 Å². The summed E-state index contributed by atoms with van der Waals surface area (Å²) in [6, 6.07) is 6.58. The van der Waals surface area contributed by atoms with Crippen molar-refractivity contribution < 1.29 is 0 Å². The molecule has 0 aliphatic carbocycles. The van der Waals surface area contributed by atoms with Crippen LogP contribution in [-0.2, 0) is 6.42 Å². The summed E-state index contributed by atoms with van der Waals surface area (Å²) in [5, 5.41) is 2.57. The van der Waals surface area contributed by atoms with Crippen LogP contribution in [0.25, 0.3) is 0 Å². The second-order valence-electron chi connectivity index (χ2n) is 2.71. The highest BCUT2D eigenvalue weighted by Crippen LogP contribution is 2.02. The fourth-order valence-electron chi connectivity index (χ4n) is 1.07. The molecule has 1 aromatic rings. The fraction of sp³-hybridized carbons (Fsp3) is 0.333. The van der Waals surface area contributed by atoms with Crippen LogP contribution < -0.4 is 10.6 Å². The number of hydrogen-bond acceptors (Lipinski definition) is 0. The molecule has 0 nitrogen and oxygen atoms in total. The number of aryl methyl sites for hydroxylation is 1. The average Bonchev–Trinajstić information content (AvgIpc) is 1.98. The Morgan fingerprint density at radius 3 is 2.45 bits per heavy atom. The lowest BCUT2D eigenvalue weighted by Gasteiger charge is -2.02. The quantitative estimate of drug-likeness (QED) is 0.613. The van der Waals surface area contributed by atoms with Crippen molar-refractivity contribution in [3.8, 4) is 0 Å². The first-order chi connectivity index (χ1) is 5.24. The third-order valence-corrected chi connectivity index (χ3v) is 3.05. The van der Waals surface area contributed by atoms with E-state index in [2.05, 4.69) is 43.6 Å². The molecule has 0 fully saturated rings. The van der Waals surface area contributed by atoms with E-state index in [0.717, 1.165) is 0 Å². The summed E-state index contributed by atoms with van der Waals surface area (Å²) in [6.07, 6.45) is 2.41. The van der Waals surface area contributed by atoms with Crippen molar-refractivity contribution in [3.63, 3.8) is 0 Å². The third kappa shape index (κ3) is 2.55. The molecule has 0 bridgehead atoms. The van der Waals surface area contributed by atoms with Crippen LogP contribution in [0, 0.1) is 0 Å². The van der Waals surface area contributed by atoms with Crippen LogP contribution in [0.1, 0.15) is 18.9 Å². The maximum Gasteiger partial charge on any atom is -0.0229 e. The molecule has 0 heterocycles. The Hall–Kier alpha value is 0.0800. The van der Waals surface area contributed by atoms with Crippen LogP contribution in [0.2, 0.25) is 0 Å². The van der Waals surface area contributed by atoms with Crippen molar-refractivity contribution in [3.05, 3.63) is 23.8 Å². The summed E-state index contributed by atoms with van der Waals surface area (Å²) < 4.78 is 0. The molecule has 0 radical (unpaired) electrons. The van der Waals surface area contributed by atoms with Crippen molar-refractivity contribution >= 4 is 29.1 Å². The van der Waals surface area contributed by atoms with Gasteiger partial charge in [-0.15, -0.1) is 18.5 Å². The molecule has 0 aliphatic rings. The minimum Gasteiger partial charge on any atom is -0.105 e. The molecule has 2 heteroatoms. The normalized spacial score (nSPS) is 10.1. The van der Waals surface area contributed by atoms with E-state index in [1.54, 1.807) is 0 Å². The molecule has 11 heavy (non-hydrogen) atoms. The number of benzene rings is 1. The second-order valence-corrected chi connectivity index (χ2v) is 3.96. The van der Waals surface area contributed by atoms with Gasteiger partial charge in [0.15, 0.2) is 0 Å². The maximum atomic E-state index is 2.75. The third-order valence-electron chi connectivity index (χ3n) is 1.69. The predicted molar refractivity (Wildman–Crippen MR) is 59.1 cm³/mol. The van der Waals surface area contributed by atoms with Gasteiger partial charge in [-0.3, -0.25) is 0 Å². The summed E-state index contributed by atoms with van der Waals surface area (Å²) in [5.74, 6) is 0. The van der Waals surface area contributed by atoms with E-state index in [0.29, 0.717) is 0 Å². The minimum absolute atomic E-state index is 1.19. The zero-order chi connectivity index (χ0) is 8.27. The van der Waals surface area contributed by atoms with Gasteiger partial charge in [0, 0.05) is 0 Å². The van der Waals surface area contributed by atoms with E-state index in [1.165, 1.54) is 29.0 Å². The zero-order valence-corrected chi connectivity index (χ0v) is 9.11. The van der Waals surface area contributed by atoms with Gasteiger partial charge in [0.2, 0.25) is 0 Å². The molecule has 1 rings (SSSR count). The predicted octanol–water partition coefficient (Wildman–Crippen LogP) is 1.64. The molecule has 2 unspecified atom stereocenters. The molecular weight excluding hydrogens is 170 g/mol. The van der Waals surface area contributed by atoms with Gasteiger partial charge in [0.1, 0.15) is 0 Å². The van der Waals surface area contributed by atoms with E-state index in [4.69, 9.17) is 0 Å². The highest BCUT2D eigenvalue weighted by atomic mass is 31.0. The first-order valence-electron chi connectivity index (χ1n) is 3.88. The van der Waals surface area contributed by atoms with Crippen molar-refractivity contribution in [1.29, 1.82) is 0 Å². The molecule has 0 aliphatic heterocycles. The van der Waals surface area contributed by atoms with E-state index in [9.17, 15) is 0 Å². The van der Waals surface area contributed by atoms with Crippen LogP contribution in [0.5, 0.6) is 0 Å². The van der Waals surface area contributed by atoms with Crippen LogP contribution >= 0.6 is 18.5 Å². The Balaban J connectivity index is 2.86. The van der Waals surface area contributed by atoms with Gasteiger partial charge in [-0.25, -0.2) is 0 Å². The molecule has 0 amide bonds. The number of rotatable bonds is 2. The molecule has 0 aromatic heterocycles. The SMILES string of the molecule is CCCc1ccc(P)c(P)c1. The number of hydrogen-bond donors (Lipinski definition) is 0. The molecule has 1 aromatic carbocycles. The van der Waals surface area contributed by atoms with Gasteiger partial charge in [0.05, 0.1) is 0 Å². The molecular formula is C9H14P2. The lowest BCUT2D eigenvalue weighted by Crippen LogP contribution is -2.11. The summed E-state index contributed by atoms with van der Waals surface area (Å²) in [5.41, 5.74) is 1.43. The molecule has 0 saturated heterocycles. The monoisotopic (exact) mass is 184 g/mol. The standard InChI is InChI=1S/C9H14P2/c1-2-3-7-4-5-8(10)9(11)6-7/h4-6H,2-3,10-11H2,1H3. The highest BCUT2D eigenvalue weighted by Gasteiger charge is 1.94. The first kappa shape index (κ1) is 9.17. The highest BCUT2D eigenvalue weighted by molar-refractivity contribution is 7.35. The van der Waals surface area contributed by atoms with Gasteiger partial charge in [0.25, 0.3) is 0 Å². The first-order valence-corrected chi connectivity index (χ1v) is 5.03. The Morgan fingerprint density at radius 1 is 1.18 bits per heavy atom. The Labute approximate surface area is 73.2 Å². The zero-order valence-electron chi connectivity index (χ0n) is 6.80. The topological polar surface area (TPSA) is 0 Å². The molecule has 0 saturated carbocycles. The van der Waals surface area contributed by atoms with Crippen molar-refractivity contribution in [2.75, 3.05) is 0 Å². The Kier molecular flexibility index (Phi) is 3.49. The molecule has 0 N–H and O–H groups in total. The minimum atomic E-state index is 1.19. The average molecular weight is 184 g/mol. The lowest BCUT2D eigenvalue weighted by atomic mass is 10.1. The van der Waals surface area contributed by atoms with Gasteiger partial charge in [-0.1, -0.05) is 31.5 Å². The Bertz CT molecular complexity index is 243. The van der Waals surface area contributed by atoms with Crippen LogP contribution in [0.3, 0.4) is 0 Å². The van der Waals surface area contributed by atoms with E-state index < -0.39 is 0 Å². The van der Waals surface area contributed by atoms with Crippen LogP contribution in [0.4, 0.5) is 0 Å². The largest absolute Gasteiger partial charge is 0.105 e. The van der Waals surface area contributed by atoms with Gasteiger partial charge in [-0.2, -0.15) is 0 Å². The Morgan fingerprint density at radius 2 is 1.91 bits per heavy atom. The molecule has 60 valence electrons.